The maximum absolute atomic E-state index is 13.4. The number of nitrogens with one attached hydrogen (secondary N) is 1. The van der Waals surface area contributed by atoms with Crippen LogP contribution >= 0.6 is 0 Å². The first-order valence-corrected chi connectivity index (χ1v) is 7.97. The van der Waals surface area contributed by atoms with Gasteiger partial charge in [0.2, 0.25) is 0 Å². The van der Waals surface area contributed by atoms with Crippen LogP contribution in [-0.2, 0) is 4.79 Å². The van der Waals surface area contributed by atoms with E-state index in [1.807, 2.05) is 0 Å². The van der Waals surface area contributed by atoms with E-state index >= 15 is 0 Å². The molecule has 0 aliphatic heterocycles. The van der Waals surface area contributed by atoms with Gasteiger partial charge in [-0.15, -0.1) is 0 Å². The zero-order valence-electron chi connectivity index (χ0n) is 14.6. The predicted octanol–water partition coefficient (Wildman–Crippen LogP) is 5.81. The topological polar surface area (TPSA) is 29.1 Å². The van der Waals surface area contributed by atoms with Crippen LogP contribution in [0.5, 0.6) is 0 Å². The van der Waals surface area contributed by atoms with Crippen molar-refractivity contribution in [2.45, 2.75) is 74.8 Å². The Bertz CT molecular complexity index is 556. The molecule has 0 aromatic rings. The number of carbonyl (C=O) groups excluding carboxylic acids is 1. The molecule has 2 nitrogen and oxygen atoms in total. The average Bonchev–Trinajstić information content (AvgIpc) is 2.55. The lowest BCUT2D eigenvalue weighted by atomic mass is 9.93. The Kier molecular flexibility index (Phi) is 8.31. The van der Waals surface area contributed by atoms with E-state index in [4.69, 9.17) is 0 Å². The van der Waals surface area contributed by atoms with Crippen LogP contribution in [0.15, 0.2) is 0 Å². The molecule has 15 heteroatoms. The lowest BCUT2D eigenvalue weighted by molar-refractivity contribution is -0.436. The van der Waals surface area contributed by atoms with Gasteiger partial charge in [-0.05, 0) is 6.42 Å². The lowest BCUT2D eigenvalue weighted by Crippen LogP contribution is -2.72. The molecule has 0 rings (SSSR count). The van der Waals surface area contributed by atoms with Gasteiger partial charge >= 0.3 is 35.8 Å². The zero-order chi connectivity index (χ0) is 23.5. The van der Waals surface area contributed by atoms with Crippen LogP contribution in [-0.4, -0.2) is 48.2 Å². The second kappa shape index (κ2) is 8.74. The third-order valence-electron chi connectivity index (χ3n) is 3.78. The molecule has 1 N–H and O–H groups in total. The van der Waals surface area contributed by atoms with Gasteiger partial charge in [-0.2, -0.15) is 57.1 Å². The lowest BCUT2D eigenvalue weighted by Gasteiger charge is -2.39. The Morgan fingerprint density at radius 3 is 1.45 bits per heavy atom. The van der Waals surface area contributed by atoms with E-state index in [2.05, 4.69) is 0 Å². The highest BCUT2D eigenvalue weighted by Crippen LogP contribution is 2.60. The number of amides is 1. The van der Waals surface area contributed by atoms with Crippen molar-refractivity contribution in [1.29, 1.82) is 0 Å². The largest absolute Gasteiger partial charge is 0.460 e. The summed E-state index contributed by atoms with van der Waals surface area (Å²) >= 11 is 0. The highest BCUT2D eigenvalue weighted by Gasteiger charge is 2.91. The quantitative estimate of drug-likeness (QED) is 0.305. The molecule has 1 amide bonds. The number of hydrogen-bond acceptors (Lipinski definition) is 1. The van der Waals surface area contributed by atoms with Crippen LogP contribution in [0.4, 0.5) is 57.1 Å². The minimum Gasteiger partial charge on any atom is -0.351 e. The Morgan fingerprint density at radius 1 is 0.621 bits per heavy atom. The van der Waals surface area contributed by atoms with Gasteiger partial charge < -0.3 is 5.32 Å². The van der Waals surface area contributed by atoms with Crippen molar-refractivity contribution in [3.8, 4) is 0 Å². The Morgan fingerprint density at radius 2 is 1.03 bits per heavy atom. The molecule has 0 unspecified atom stereocenters. The molecular formula is C14H16F13NO. The molecule has 0 fully saturated rings. The first-order chi connectivity index (χ1) is 12.7. The molecule has 0 atom stereocenters. The number of rotatable bonds is 11. The fraction of sp³-hybridized carbons (Fsp3) is 0.929. The van der Waals surface area contributed by atoms with Gasteiger partial charge in [0.15, 0.2) is 0 Å². The maximum Gasteiger partial charge on any atom is 0.460 e. The van der Waals surface area contributed by atoms with Crippen molar-refractivity contribution in [1.82, 2.24) is 5.32 Å². The summed E-state index contributed by atoms with van der Waals surface area (Å²) in [5, 5.41) is 1.04. The summed E-state index contributed by atoms with van der Waals surface area (Å²) in [4.78, 5) is 11.1. The standard InChI is InChI=1S/C14H16F13NO/c1-2-3-4-5-6-7-28-8(29)9(15,16)10(17,18)11(19,20)12(21,22)13(23,24)14(25,26)27/h2-7H2,1H3,(H,28,29). The number of unbranched alkanes of at least 4 members (excludes halogenated alkanes) is 4. The van der Waals surface area contributed by atoms with E-state index in [9.17, 15) is 61.9 Å². The minimum absolute atomic E-state index is 0.105. The molecular weight excluding hydrogens is 445 g/mol. The number of alkyl halides is 13. The Balaban J connectivity index is 5.62. The smallest absolute Gasteiger partial charge is 0.351 e. The summed E-state index contributed by atoms with van der Waals surface area (Å²) in [7, 11) is 0. The molecule has 0 heterocycles. The van der Waals surface area contributed by atoms with Crippen LogP contribution in [0.2, 0.25) is 0 Å². The van der Waals surface area contributed by atoms with Gasteiger partial charge in [0.05, 0.1) is 0 Å². The summed E-state index contributed by atoms with van der Waals surface area (Å²) < 4.78 is 167. The third-order valence-corrected chi connectivity index (χ3v) is 3.78. The SMILES string of the molecule is CCCCCCCNC(=O)C(F)(F)C(F)(F)C(F)(F)C(F)(F)C(F)(F)C(F)(F)F. The third kappa shape index (κ3) is 4.84. The van der Waals surface area contributed by atoms with E-state index in [1.165, 1.54) is 0 Å². The van der Waals surface area contributed by atoms with Crippen molar-refractivity contribution in [2.24, 2.45) is 0 Å². The van der Waals surface area contributed by atoms with Crippen LogP contribution in [0.25, 0.3) is 0 Å². The summed E-state index contributed by atoms with van der Waals surface area (Å²) in [6.07, 6.45) is -5.37. The molecule has 174 valence electrons. The van der Waals surface area contributed by atoms with Crippen molar-refractivity contribution in [3.05, 3.63) is 0 Å². The monoisotopic (exact) mass is 461 g/mol. The van der Waals surface area contributed by atoms with Gasteiger partial charge in [-0.25, -0.2) is 0 Å². The second-order valence-electron chi connectivity index (χ2n) is 6.04. The summed E-state index contributed by atoms with van der Waals surface area (Å²) in [5.41, 5.74) is 0. The zero-order valence-corrected chi connectivity index (χ0v) is 14.6. The summed E-state index contributed by atoms with van der Waals surface area (Å²) in [6, 6.07) is 0. The van der Waals surface area contributed by atoms with Crippen LogP contribution < -0.4 is 5.32 Å². The van der Waals surface area contributed by atoms with E-state index in [-0.39, 0.29) is 12.8 Å². The van der Waals surface area contributed by atoms with Crippen molar-refractivity contribution >= 4 is 5.91 Å². The first-order valence-electron chi connectivity index (χ1n) is 7.97. The normalized spacial score (nSPS) is 14.8. The molecule has 0 radical (unpaired) electrons. The van der Waals surface area contributed by atoms with Crippen molar-refractivity contribution in [3.63, 3.8) is 0 Å². The molecule has 0 aliphatic rings. The van der Waals surface area contributed by atoms with E-state index in [0.717, 1.165) is 11.7 Å². The molecule has 29 heavy (non-hydrogen) atoms. The fourth-order valence-corrected chi connectivity index (χ4v) is 1.95. The first kappa shape index (κ1) is 27.6. The molecule has 0 aliphatic carbocycles. The molecule has 0 aromatic heterocycles. The molecule has 0 saturated carbocycles. The Hall–Kier alpha value is -1.44. The van der Waals surface area contributed by atoms with Gasteiger partial charge in [-0.1, -0.05) is 32.6 Å². The highest BCUT2D eigenvalue weighted by atomic mass is 19.4. The van der Waals surface area contributed by atoms with E-state index in [1.54, 1.807) is 6.92 Å². The maximum atomic E-state index is 13.4. The summed E-state index contributed by atoms with van der Waals surface area (Å²) in [5.74, 6) is -41.3. The predicted molar refractivity (Wildman–Crippen MR) is 72.6 cm³/mol. The van der Waals surface area contributed by atoms with E-state index in [0.29, 0.717) is 12.8 Å². The molecule has 0 spiro atoms. The Labute approximate surface area is 155 Å². The van der Waals surface area contributed by atoms with Crippen LogP contribution in [0.3, 0.4) is 0 Å². The molecule has 0 aromatic carbocycles. The minimum atomic E-state index is -8.01. The molecule has 0 bridgehead atoms. The number of carbonyl (C=O) groups is 1. The van der Waals surface area contributed by atoms with Gasteiger partial charge in [0, 0.05) is 6.54 Å². The highest BCUT2D eigenvalue weighted by molar-refractivity contribution is 5.84. The summed E-state index contributed by atoms with van der Waals surface area (Å²) in [6.45, 7) is 1.01. The van der Waals surface area contributed by atoms with Gasteiger partial charge in [0.1, 0.15) is 0 Å². The number of halogens is 13. The van der Waals surface area contributed by atoms with E-state index < -0.39 is 48.2 Å². The van der Waals surface area contributed by atoms with Crippen LogP contribution in [0.1, 0.15) is 39.0 Å². The second-order valence-corrected chi connectivity index (χ2v) is 6.04. The van der Waals surface area contributed by atoms with Gasteiger partial charge in [0.25, 0.3) is 5.91 Å². The average molecular weight is 461 g/mol. The van der Waals surface area contributed by atoms with Gasteiger partial charge in [-0.3, -0.25) is 4.79 Å². The van der Waals surface area contributed by atoms with Crippen molar-refractivity contribution in [2.75, 3.05) is 6.54 Å². The number of hydrogen-bond donors (Lipinski definition) is 1. The van der Waals surface area contributed by atoms with Crippen LogP contribution in [0, 0.1) is 0 Å². The van der Waals surface area contributed by atoms with Crippen molar-refractivity contribution < 1.29 is 61.9 Å². The fourth-order valence-electron chi connectivity index (χ4n) is 1.95. The molecule has 0 saturated heterocycles.